The van der Waals surface area contributed by atoms with Crippen molar-refractivity contribution >= 4 is 25.3 Å². The summed E-state index contributed by atoms with van der Waals surface area (Å²) in [6.07, 6.45) is 0. The lowest BCUT2D eigenvalue weighted by Gasteiger charge is -2.17. The van der Waals surface area contributed by atoms with E-state index in [2.05, 4.69) is 0 Å². The summed E-state index contributed by atoms with van der Waals surface area (Å²) >= 11 is 0. The molecular weight excluding hydrogens is 193 g/mol. The molecule has 0 fully saturated rings. The van der Waals surface area contributed by atoms with Gasteiger partial charge in [-0.1, -0.05) is 43.7 Å². The molecule has 0 unspecified atom stereocenters. The average molecular weight is 207 g/mol. The summed E-state index contributed by atoms with van der Waals surface area (Å²) in [5.41, 5.74) is 0.644. The molecule has 0 aliphatic heterocycles. The molecule has 0 aliphatic rings. The zero-order valence-corrected chi connectivity index (χ0v) is 9.16. The van der Waals surface area contributed by atoms with Crippen LogP contribution < -0.4 is 10.9 Å². The molecule has 0 saturated heterocycles. The van der Waals surface area contributed by atoms with Gasteiger partial charge in [0.2, 0.25) is 0 Å². The van der Waals surface area contributed by atoms with Crippen LogP contribution in [-0.4, -0.2) is 24.4 Å². The van der Waals surface area contributed by atoms with Gasteiger partial charge in [0.1, 0.15) is 5.82 Å². The van der Waals surface area contributed by atoms with E-state index < -0.39 is 12.9 Å². The third-order valence-electron chi connectivity index (χ3n) is 1.91. The zero-order valence-electron chi connectivity index (χ0n) is 9.16. The van der Waals surface area contributed by atoms with Crippen LogP contribution in [0.15, 0.2) is 18.2 Å². The van der Waals surface area contributed by atoms with E-state index in [0.717, 1.165) is 6.07 Å². The van der Waals surface area contributed by atoms with E-state index in [9.17, 15) is 4.39 Å². The van der Waals surface area contributed by atoms with Gasteiger partial charge in [-0.25, -0.2) is 4.39 Å². The van der Waals surface area contributed by atoms with Crippen LogP contribution in [0.3, 0.4) is 0 Å². The van der Waals surface area contributed by atoms with Crippen molar-refractivity contribution in [3.8, 4) is 0 Å². The van der Waals surface area contributed by atoms with E-state index in [1.807, 2.05) is 20.8 Å². The minimum Gasteiger partial charge on any atom is -0.423 e. The Morgan fingerprint density at radius 3 is 2.27 bits per heavy atom. The highest BCUT2D eigenvalue weighted by atomic mass is 19.1. The summed E-state index contributed by atoms with van der Waals surface area (Å²) in [4.78, 5) is 0. The number of halogens is 1. The van der Waals surface area contributed by atoms with E-state index in [1.165, 1.54) is 6.07 Å². The molecule has 0 bridgehead atoms. The molecule has 0 amide bonds. The first-order valence-electron chi connectivity index (χ1n) is 4.81. The first kappa shape index (κ1) is 12.3. The molecule has 2 nitrogen and oxygen atoms in total. The van der Waals surface area contributed by atoms with Gasteiger partial charge in [0.25, 0.3) is 0 Å². The third kappa shape index (κ3) is 3.68. The van der Waals surface area contributed by atoms with Crippen molar-refractivity contribution in [2.24, 2.45) is 0 Å². The number of hydrogen-bond acceptors (Lipinski definition) is 2. The van der Waals surface area contributed by atoms with Crippen molar-refractivity contribution in [2.45, 2.75) is 26.1 Å². The van der Waals surface area contributed by atoms with Crippen LogP contribution >= 0.6 is 0 Å². The van der Waals surface area contributed by atoms with Crippen molar-refractivity contribution < 1.29 is 14.4 Å². The summed E-state index contributed by atoms with van der Waals surface area (Å²) in [5, 5.41) is 17.6. The summed E-state index contributed by atoms with van der Waals surface area (Å²) in [6, 6.07) is 4.20. The van der Waals surface area contributed by atoms with E-state index in [-0.39, 0.29) is 10.8 Å². The Morgan fingerprint density at radius 1 is 1.27 bits per heavy atom. The Hall–Kier alpha value is -0.800. The highest BCUT2D eigenvalue weighted by Crippen LogP contribution is 2.19. The van der Waals surface area contributed by atoms with Crippen LogP contribution in [0.25, 0.3) is 0 Å². The Bertz CT molecular complexity index is 348. The molecule has 79 valence electrons. The predicted octanol–water partition coefficient (Wildman–Crippen LogP) is 0.0534. The summed E-state index contributed by atoms with van der Waals surface area (Å²) in [7, 11) is 0.179. The maximum Gasteiger partial charge on any atom is 0.488 e. The molecule has 0 heterocycles. The summed E-state index contributed by atoms with van der Waals surface area (Å²) in [5.74, 6) is -0.435. The minimum atomic E-state index is -1.62. The van der Waals surface area contributed by atoms with Gasteiger partial charge in [-0.2, -0.15) is 0 Å². The average Bonchev–Trinajstić information content (AvgIpc) is 2.05. The molecule has 1 radical (unpaired) electrons. The van der Waals surface area contributed by atoms with E-state index in [0.29, 0.717) is 5.46 Å². The highest BCUT2D eigenvalue weighted by molar-refractivity contribution is 6.60. The zero-order chi connectivity index (χ0) is 11.6. The number of benzene rings is 1. The van der Waals surface area contributed by atoms with Crippen molar-refractivity contribution in [1.82, 2.24) is 0 Å². The Kier molecular flexibility index (Phi) is 3.58. The van der Waals surface area contributed by atoms with Gasteiger partial charge in [-0.05, 0) is 11.5 Å². The second-order valence-corrected chi connectivity index (χ2v) is 4.66. The fourth-order valence-electron chi connectivity index (χ4n) is 1.29. The molecule has 0 atom stereocenters. The van der Waals surface area contributed by atoms with Crippen LogP contribution in [0.4, 0.5) is 4.39 Å². The third-order valence-corrected chi connectivity index (χ3v) is 1.91. The van der Waals surface area contributed by atoms with Crippen molar-refractivity contribution in [2.75, 3.05) is 0 Å². The highest BCUT2D eigenvalue weighted by Gasteiger charge is 2.18. The molecule has 2 N–H and O–H groups in total. The largest absolute Gasteiger partial charge is 0.488 e. The molecule has 0 aliphatic carbocycles. The Labute approximate surface area is 90.5 Å². The van der Waals surface area contributed by atoms with E-state index in [4.69, 9.17) is 10.0 Å². The fraction of sp³-hybridized carbons (Fsp3) is 0.400. The standard InChI is InChI=1S/C10H14B2FO2/c1-10(2,3)11-8-5-4-7(12(14)15)6-9(8)13/h4-6,14-15H,1-3H3. The molecule has 5 heteroatoms. The van der Waals surface area contributed by atoms with Gasteiger partial charge in [-0.15, -0.1) is 0 Å². The Morgan fingerprint density at radius 2 is 1.87 bits per heavy atom. The van der Waals surface area contributed by atoms with Crippen LogP contribution in [-0.2, 0) is 0 Å². The lowest BCUT2D eigenvalue weighted by molar-refractivity contribution is 0.425. The Balaban J connectivity index is 2.94. The van der Waals surface area contributed by atoms with Crippen molar-refractivity contribution in [1.29, 1.82) is 0 Å². The number of hydrogen-bond donors (Lipinski definition) is 2. The predicted molar refractivity (Wildman–Crippen MR) is 61.3 cm³/mol. The maximum atomic E-state index is 13.5. The molecule has 1 rings (SSSR count). The minimum absolute atomic E-state index is 0.111. The van der Waals surface area contributed by atoms with Gasteiger partial charge in [0.15, 0.2) is 7.28 Å². The molecule has 0 spiro atoms. The van der Waals surface area contributed by atoms with Crippen molar-refractivity contribution in [3.63, 3.8) is 0 Å². The lowest BCUT2D eigenvalue weighted by atomic mass is 9.51. The van der Waals surface area contributed by atoms with Gasteiger partial charge in [-0.3, -0.25) is 0 Å². The van der Waals surface area contributed by atoms with Crippen LogP contribution in [0.5, 0.6) is 0 Å². The SMILES string of the molecule is CC(C)(C)[B]c1ccc(B(O)O)cc1F. The molecule has 1 aromatic rings. The second-order valence-electron chi connectivity index (χ2n) is 4.66. The van der Waals surface area contributed by atoms with Crippen LogP contribution in [0, 0.1) is 5.82 Å². The molecule has 1 aromatic carbocycles. The van der Waals surface area contributed by atoms with Crippen LogP contribution in [0.1, 0.15) is 20.8 Å². The summed E-state index contributed by atoms with van der Waals surface area (Å²) < 4.78 is 13.5. The summed E-state index contributed by atoms with van der Waals surface area (Å²) in [6.45, 7) is 5.92. The second kappa shape index (κ2) is 4.37. The molecular formula is C10H14B2FO2. The van der Waals surface area contributed by atoms with E-state index >= 15 is 0 Å². The lowest BCUT2D eigenvalue weighted by Crippen LogP contribution is -2.34. The molecule has 15 heavy (non-hydrogen) atoms. The fourth-order valence-corrected chi connectivity index (χ4v) is 1.29. The van der Waals surface area contributed by atoms with Gasteiger partial charge < -0.3 is 10.0 Å². The molecule has 0 aromatic heterocycles. The van der Waals surface area contributed by atoms with Gasteiger partial charge in [0, 0.05) is 0 Å². The quantitative estimate of drug-likeness (QED) is 0.672. The normalized spacial score (nSPS) is 11.3. The monoisotopic (exact) mass is 207 g/mol. The topological polar surface area (TPSA) is 40.5 Å². The van der Waals surface area contributed by atoms with Crippen LogP contribution in [0.2, 0.25) is 5.31 Å². The van der Waals surface area contributed by atoms with E-state index in [1.54, 1.807) is 13.3 Å². The smallest absolute Gasteiger partial charge is 0.423 e. The first-order valence-corrected chi connectivity index (χ1v) is 4.81. The van der Waals surface area contributed by atoms with Gasteiger partial charge >= 0.3 is 7.12 Å². The van der Waals surface area contributed by atoms with Gasteiger partial charge in [0.05, 0.1) is 0 Å². The molecule has 0 saturated carbocycles. The first-order chi connectivity index (χ1) is 6.79. The maximum absolute atomic E-state index is 13.5. The van der Waals surface area contributed by atoms with Crippen molar-refractivity contribution in [3.05, 3.63) is 24.0 Å². The number of rotatable bonds is 2.